The quantitative estimate of drug-likeness (QED) is 0.0630. The Kier molecular flexibility index (Phi) is 16.3. The molecule has 222 valence electrons. The van der Waals surface area contributed by atoms with Crippen LogP contribution in [-0.2, 0) is 9.62 Å². The minimum atomic E-state index is 0.538. The van der Waals surface area contributed by atoms with Crippen LogP contribution in [0.4, 0.5) is 0 Å². The van der Waals surface area contributed by atoms with Crippen LogP contribution in [-0.4, -0.2) is 33.0 Å². The van der Waals surface area contributed by atoms with Gasteiger partial charge in [0.25, 0.3) is 0 Å². The Balaban J connectivity index is 1.22. The molecular weight excluding hydrogens is 500 g/mol. The van der Waals surface area contributed by atoms with E-state index in [1.165, 1.54) is 56.9 Å². The Labute approximate surface area is 243 Å². The Morgan fingerprint density at radius 3 is 2.02 bits per heavy atom. The Morgan fingerprint density at radius 1 is 0.675 bits per heavy atom. The predicted octanol–water partition coefficient (Wildman–Crippen LogP) is 9.46. The molecule has 5 heteroatoms. The van der Waals surface area contributed by atoms with Crippen molar-refractivity contribution in [3.63, 3.8) is 0 Å². The molecule has 40 heavy (non-hydrogen) atoms. The van der Waals surface area contributed by atoms with Gasteiger partial charge in [-0.3, -0.25) is 0 Å². The molecule has 0 spiro atoms. The maximum absolute atomic E-state index is 5.93. The van der Waals surface area contributed by atoms with Gasteiger partial charge in [-0.15, -0.1) is 6.58 Å². The molecule has 0 unspecified atom stereocenters. The van der Waals surface area contributed by atoms with E-state index < -0.39 is 0 Å². The van der Waals surface area contributed by atoms with E-state index in [4.69, 9.17) is 24.0 Å². The summed E-state index contributed by atoms with van der Waals surface area (Å²) in [5.41, 5.74) is 1.43. The van der Waals surface area contributed by atoms with Gasteiger partial charge >= 0.3 is 0 Å². The lowest BCUT2D eigenvalue weighted by Gasteiger charge is -2.28. The lowest BCUT2D eigenvalue weighted by molar-refractivity contribution is -0.218. The summed E-state index contributed by atoms with van der Waals surface area (Å²) in [6.45, 7) is 9.37. The van der Waals surface area contributed by atoms with Gasteiger partial charge in [0.1, 0.15) is 18.1 Å². The van der Waals surface area contributed by atoms with E-state index in [0.717, 1.165) is 56.8 Å². The van der Waals surface area contributed by atoms with Gasteiger partial charge in [-0.2, -0.15) is 4.89 Å². The lowest BCUT2D eigenvalue weighted by Crippen LogP contribution is -2.18. The van der Waals surface area contributed by atoms with Gasteiger partial charge in [0.2, 0.25) is 0 Å². The minimum absolute atomic E-state index is 0.538. The molecule has 5 nitrogen and oxygen atoms in total. The maximum Gasteiger partial charge on any atom is 0.165 e. The second kappa shape index (κ2) is 20.4. The highest BCUT2D eigenvalue weighted by Crippen LogP contribution is 2.36. The zero-order valence-electron chi connectivity index (χ0n) is 24.8. The Bertz CT molecular complexity index is 887. The van der Waals surface area contributed by atoms with Crippen LogP contribution in [0.15, 0.2) is 61.2 Å². The average molecular weight is 553 g/mol. The molecule has 3 rings (SSSR count). The van der Waals surface area contributed by atoms with Crippen LogP contribution >= 0.6 is 0 Å². The van der Waals surface area contributed by atoms with E-state index in [1.807, 2.05) is 30.3 Å². The highest BCUT2D eigenvalue weighted by atomic mass is 17.2. The SMILES string of the molecule is C=CCCCCCOCCOc1ccc(OOCC2CCC(c3ccc(OCCCCCCC)cc3)CC2)cc1. The molecule has 0 heterocycles. The first-order valence-corrected chi connectivity index (χ1v) is 15.7. The van der Waals surface area contributed by atoms with Gasteiger partial charge in [0.05, 0.1) is 19.8 Å². The number of benzene rings is 2. The first-order chi connectivity index (χ1) is 19.8. The fraction of sp³-hybridized carbons (Fsp3) is 0.600. The van der Waals surface area contributed by atoms with Crippen molar-refractivity contribution in [2.24, 2.45) is 5.92 Å². The molecule has 0 bridgehead atoms. The van der Waals surface area contributed by atoms with E-state index in [0.29, 0.717) is 37.4 Å². The minimum Gasteiger partial charge on any atom is -0.494 e. The van der Waals surface area contributed by atoms with Crippen LogP contribution in [0.1, 0.15) is 102 Å². The first kappa shape index (κ1) is 32.0. The molecule has 0 atom stereocenters. The molecule has 1 fully saturated rings. The molecule has 0 radical (unpaired) electrons. The number of hydrogen-bond donors (Lipinski definition) is 0. The second-order valence-corrected chi connectivity index (χ2v) is 11.0. The van der Waals surface area contributed by atoms with Crippen molar-refractivity contribution < 1.29 is 24.0 Å². The predicted molar refractivity (Wildman–Crippen MR) is 163 cm³/mol. The summed E-state index contributed by atoms with van der Waals surface area (Å²) < 4.78 is 17.3. The molecule has 1 aliphatic rings. The lowest BCUT2D eigenvalue weighted by atomic mass is 9.79. The largest absolute Gasteiger partial charge is 0.494 e. The molecule has 0 amide bonds. The van der Waals surface area contributed by atoms with E-state index in [9.17, 15) is 0 Å². The smallest absolute Gasteiger partial charge is 0.165 e. The van der Waals surface area contributed by atoms with E-state index in [2.05, 4.69) is 37.8 Å². The standard InChI is InChI=1S/C35H52O5/c1-3-5-7-9-11-25-36-27-28-38-34-21-23-35(24-22-34)40-39-29-30-13-15-31(16-14-30)32-17-19-33(20-18-32)37-26-12-10-8-6-4-2/h3,17-24,30-31H,1,4-16,25-29H2,2H3. The second-order valence-electron chi connectivity index (χ2n) is 11.0. The summed E-state index contributed by atoms with van der Waals surface area (Å²) in [5.74, 6) is 3.66. The Morgan fingerprint density at radius 2 is 1.30 bits per heavy atom. The van der Waals surface area contributed by atoms with Crippen LogP contribution in [0, 0.1) is 5.92 Å². The van der Waals surface area contributed by atoms with E-state index in [-0.39, 0.29) is 0 Å². The summed E-state index contributed by atoms with van der Waals surface area (Å²) in [7, 11) is 0. The van der Waals surface area contributed by atoms with Crippen molar-refractivity contribution in [2.45, 2.75) is 96.3 Å². The number of hydrogen-bond acceptors (Lipinski definition) is 5. The molecule has 1 saturated carbocycles. The van der Waals surface area contributed by atoms with Crippen LogP contribution in [0.5, 0.6) is 17.2 Å². The first-order valence-electron chi connectivity index (χ1n) is 15.7. The molecule has 2 aromatic carbocycles. The molecule has 0 N–H and O–H groups in total. The molecule has 0 aromatic heterocycles. The molecule has 2 aromatic rings. The molecule has 1 aliphatic carbocycles. The third-order valence-electron chi connectivity index (χ3n) is 7.69. The summed E-state index contributed by atoms with van der Waals surface area (Å²) in [6, 6.07) is 16.4. The number of rotatable bonds is 22. The highest BCUT2D eigenvalue weighted by molar-refractivity contribution is 5.31. The maximum atomic E-state index is 5.93. The van der Waals surface area contributed by atoms with Crippen molar-refractivity contribution >= 4 is 0 Å². The van der Waals surface area contributed by atoms with Crippen LogP contribution in [0.2, 0.25) is 0 Å². The van der Waals surface area contributed by atoms with Crippen molar-refractivity contribution in [1.29, 1.82) is 0 Å². The van der Waals surface area contributed by atoms with Gasteiger partial charge in [0, 0.05) is 6.61 Å². The van der Waals surface area contributed by atoms with Crippen LogP contribution < -0.4 is 14.4 Å². The molecule has 0 saturated heterocycles. The fourth-order valence-electron chi connectivity index (χ4n) is 5.17. The van der Waals surface area contributed by atoms with Gasteiger partial charge in [-0.1, -0.05) is 57.2 Å². The zero-order valence-corrected chi connectivity index (χ0v) is 24.8. The number of unbranched alkanes of at least 4 members (excludes halogenated alkanes) is 7. The van der Waals surface area contributed by atoms with Crippen molar-refractivity contribution in [1.82, 2.24) is 0 Å². The van der Waals surface area contributed by atoms with Crippen LogP contribution in [0.25, 0.3) is 0 Å². The van der Waals surface area contributed by atoms with E-state index in [1.54, 1.807) is 0 Å². The van der Waals surface area contributed by atoms with Gasteiger partial charge in [-0.25, -0.2) is 0 Å². The molecular formula is C35H52O5. The van der Waals surface area contributed by atoms with E-state index >= 15 is 0 Å². The number of allylic oxidation sites excluding steroid dienone is 1. The summed E-state index contributed by atoms with van der Waals surface area (Å²) in [4.78, 5) is 11.1. The van der Waals surface area contributed by atoms with Gasteiger partial charge < -0.3 is 19.1 Å². The molecule has 0 aliphatic heterocycles. The normalized spacial score (nSPS) is 16.9. The fourth-order valence-corrected chi connectivity index (χ4v) is 5.17. The van der Waals surface area contributed by atoms with Crippen molar-refractivity contribution in [3.05, 3.63) is 66.7 Å². The highest BCUT2D eigenvalue weighted by Gasteiger charge is 2.23. The summed E-state index contributed by atoms with van der Waals surface area (Å²) >= 11 is 0. The third kappa shape index (κ3) is 13.2. The zero-order chi connectivity index (χ0) is 28.1. The topological polar surface area (TPSA) is 46.2 Å². The summed E-state index contributed by atoms with van der Waals surface area (Å²) in [5, 5.41) is 0. The van der Waals surface area contributed by atoms with Crippen LogP contribution in [0.3, 0.4) is 0 Å². The third-order valence-corrected chi connectivity index (χ3v) is 7.69. The van der Waals surface area contributed by atoms with Gasteiger partial charge in [0.15, 0.2) is 5.75 Å². The van der Waals surface area contributed by atoms with Crippen molar-refractivity contribution in [3.8, 4) is 17.2 Å². The van der Waals surface area contributed by atoms with Crippen molar-refractivity contribution in [2.75, 3.05) is 33.0 Å². The number of ether oxygens (including phenoxy) is 3. The average Bonchev–Trinajstić information content (AvgIpc) is 2.99. The summed E-state index contributed by atoms with van der Waals surface area (Å²) in [6.07, 6.45) is 17.5. The Hall–Kier alpha value is -2.50. The van der Waals surface area contributed by atoms with Gasteiger partial charge in [-0.05, 0) is 105 Å². The monoisotopic (exact) mass is 552 g/mol.